The summed E-state index contributed by atoms with van der Waals surface area (Å²) in [5.41, 5.74) is 2.01. The normalized spacial score (nSPS) is 22.1. The Kier molecular flexibility index (Phi) is 5.12. The number of benzene rings is 1. The van der Waals surface area contributed by atoms with Crippen LogP contribution < -0.4 is 4.90 Å². The first kappa shape index (κ1) is 14.7. The van der Waals surface area contributed by atoms with E-state index in [1.165, 1.54) is 25.7 Å². The summed E-state index contributed by atoms with van der Waals surface area (Å²) in [5, 5.41) is 10.4. The van der Waals surface area contributed by atoms with Crippen LogP contribution in [0.3, 0.4) is 0 Å². The van der Waals surface area contributed by atoms with Gasteiger partial charge < -0.3 is 10.0 Å². The average molecular weight is 282 g/mol. The van der Waals surface area contributed by atoms with E-state index in [9.17, 15) is 5.11 Å². The minimum absolute atomic E-state index is 0.461. The fourth-order valence-electron chi connectivity index (χ4n) is 2.93. The van der Waals surface area contributed by atoms with Gasteiger partial charge in [-0.15, -0.1) is 0 Å². The number of rotatable bonds is 3. The van der Waals surface area contributed by atoms with E-state index in [0.29, 0.717) is 6.04 Å². The van der Waals surface area contributed by atoms with Crippen LogP contribution in [-0.2, 0) is 0 Å². The van der Waals surface area contributed by atoms with Crippen LogP contribution in [0.1, 0.15) is 57.6 Å². The van der Waals surface area contributed by atoms with Crippen molar-refractivity contribution in [1.29, 1.82) is 0 Å². The van der Waals surface area contributed by atoms with Crippen molar-refractivity contribution >= 4 is 17.3 Å². The molecule has 1 saturated heterocycles. The molecular formula is C16H24ClNO. The van der Waals surface area contributed by atoms with Crippen molar-refractivity contribution in [3.63, 3.8) is 0 Å². The maximum Gasteiger partial charge on any atom is 0.0762 e. The largest absolute Gasteiger partial charge is 0.389 e. The van der Waals surface area contributed by atoms with Gasteiger partial charge in [0.15, 0.2) is 0 Å². The molecule has 0 bridgehead atoms. The van der Waals surface area contributed by atoms with Gasteiger partial charge in [-0.3, -0.25) is 0 Å². The van der Waals surface area contributed by atoms with Crippen molar-refractivity contribution in [2.45, 2.75) is 58.1 Å². The Morgan fingerprint density at radius 2 is 2.16 bits per heavy atom. The quantitative estimate of drug-likeness (QED) is 0.878. The lowest BCUT2D eigenvalue weighted by Gasteiger charge is -2.32. The molecular weight excluding hydrogens is 258 g/mol. The molecule has 0 amide bonds. The summed E-state index contributed by atoms with van der Waals surface area (Å²) in [6.07, 6.45) is 5.83. The van der Waals surface area contributed by atoms with E-state index in [1.807, 2.05) is 12.1 Å². The molecule has 1 N–H and O–H groups in total. The molecule has 1 aromatic carbocycles. The summed E-state index contributed by atoms with van der Waals surface area (Å²) in [5.74, 6) is 0. The summed E-state index contributed by atoms with van der Waals surface area (Å²) in [7, 11) is 0. The molecule has 1 heterocycles. The topological polar surface area (TPSA) is 23.5 Å². The molecule has 1 aromatic rings. The maximum atomic E-state index is 9.62. The third kappa shape index (κ3) is 3.43. The zero-order valence-electron chi connectivity index (χ0n) is 11.9. The van der Waals surface area contributed by atoms with Crippen LogP contribution in [0.25, 0.3) is 0 Å². The molecule has 2 atom stereocenters. The Morgan fingerprint density at radius 3 is 2.79 bits per heavy atom. The van der Waals surface area contributed by atoms with Crippen LogP contribution in [0.5, 0.6) is 0 Å². The molecule has 1 fully saturated rings. The van der Waals surface area contributed by atoms with Crippen LogP contribution in [-0.4, -0.2) is 17.7 Å². The molecule has 2 unspecified atom stereocenters. The molecule has 0 spiro atoms. The smallest absolute Gasteiger partial charge is 0.0762 e. The van der Waals surface area contributed by atoms with E-state index < -0.39 is 6.10 Å². The fourth-order valence-corrected chi connectivity index (χ4v) is 3.23. The molecule has 0 aromatic heterocycles. The lowest BCUT2D eigenvalue weighted by molar-refractivity contribution is 0.199. The van der Waals surface area contributed by atoms with E-state index in [1.54, 1.807) is 6.92 Å². The highest BCUT2D eigenvalue weighted by molar-refractivity contribution is 6.33. The second-order valence-electron chi connectivity index (χ2n) is 5.49. The van der Waals surface area contributed by atoms with Crippen molar-refractivity contribution in [2.75, 3.05) is 11.4 Å². The molecule has 1 aliphatic rings. The highest BCUT2D eigenvalue weighted by Gasteiger charge is 2.21. The molecule has 0 aliphatic carbocycles. The SMILES string of the molecule is CCC1CCCCCN1c1ccc(C(C)O)cc1Cl. The van der Waals surface area contributed by atoms with Gasteiger partial charge in [0.05, 0.1) is 16.8 Å². The van der Waals surface area contributed by atoms with Crippen LogP contribution in [0.2, 0.25) is 5.02 Å². The van der Waals surface area contributed by atoms with Crippen molar-refractivity contribution in [3.8, 4) is 0 Å². The van der Waals surface area contributed by atoms with Crippen molar-refractivity contribution < 1.29 is 5.11 Å². The Labute approximate surface area is 121 Å². The first-order valence-electron chi connectivity index (χ1n) is 7.37. The lowest BCUT2D eigenvalue weighted by atomic mass is 10.1. The Bertz CT molecular complexity index is 419. The third-order valence-corrected chi connectivity index (χ3v) is 4.41. The standard InChI is InChI=1S/C16H24ClNO/c1-3-14-7-5-4-6-10-18(14)16-9-8-13(12(2)19)11-15(16)17/h8-9,11-12,14,19H,3-7,10H2,1-2H3. The molecule has 106 valence electrons. The first-order valence-corrected chi connectivity index (χ1v) is 7.75. The molecule has 0 radical (unpaired) electrons. The van der Waals surface area contributed by atoms with Gasteiger partial charge in [0.2, 0.25) is 0 Å². The van der Waals surface area contributed by atoms with Gasteiger partial charge in [-0.05, 0) is 43.9 Å². The summed E-state index contributed by atoms with van der Waals surface area (Å²) in [4.78, 5) is 2.46. The Balaban J connectivity index is 2.28. The van der Waals surface area contributed by atoms with Crippen LogP contribution in [0.4, 0.5) is 5.69 Å². The van der Waals surface area contributed by atoms with Gasteiger partial charge in [0.25, 0.3) is 0 Å². The zero-order valence-corrected chi connectivity index (χ0v) is 12.7. The van der Waals surface area contributed by atoms with E-state index >= 15 is 0 Å². The van der Waals surface area contributed by atoms with Crippen molar-refractivity contribution in [1.82, 2.24) is 0 Å². The van der Waals surface area contributed by atoms with E-state index in [4.69, 9.17) is 11.6 Å². The van der Waals surface area contributed by atoms with Crippen LogP contribution in [0.15, 0.2) is 18.2 Å². The minimum Gasteiger partial charge on any atom is -0.389 e. The number of nitrogens with zero attached hydrogens (tertiary/aromatic N) is 1. The highest BCUT2D eigenvalue weighted by Crippen LogP contribution is 2.33. The number of hydrogen-bond acceptors (Lipinski definition) is 2. The van der Waals surface area contributed by atoms with Crippen LogP contribution in [0, 0.1) is 0 Å². The minimum atomic E-state index is -0.461. The van der Waals surface area contributed by atoms with Crippen molar-refractivity contribution in [3.05, 3.63) is 28.8 Å². The van der Waals surface area contributed by atoms with Gasteiger partial charge in [-0.2, -0.15) is 0 Å². The number of aliphatic hydroxyl groups excluding tert-OH is 1. The van der Waals surface area contributed by atoms with Gasteiger partial charge >= 0.3 is 0 Å². The number of hydrogen-bond donors (Lipinski definition) is 1. The molecule has 3 heteroatoms. The van der Waals surface area contributed by atoms with E-state index in [0.717, 1.165) is 29.2 Å². The summed E-state index contributed by atoms with van der Waals surface area (Å²) >= 11 is 6.43. The molecule has 2 nitrogen and oxygen atoms in total. The van der Waals surface area contributed by atoms with E-state index in [-0.39, 0.29) is 0 Å². The second kappa shape index (κ2) is 6.62. The summed E-state index contributed by atoms with van der Waals surface area (Å²) < 4.78 is 0. The molecule has 0 saturated carbocycles. The molecule has 1 aliphatic heterocycles. The van der Waals surface area contributed by atoms with Gasteiger partial charge in [0, 0.05) is 12.6 Å². The van der Waals surface area contributed by atoms with Crippen LogP contribution >= 0.6 is 11.6 Å². The molecule has 19 heavy (non-hydrogen) atoms. The summed E-state index contributed by atoms with van der Waals surface area (Å²) in [6, 6.07) is 6.55. The lowest BCUT2D eigenvalue weighted by Crippen LogP contribution is -2.34. The number of anilines is 1. The first-order chi connectivity index (χ1) is 9.13. The van der Waals surface area contributed by atoms with Gasteiger partial charge in [0.1, 0.15) is 0 Å². The fraction of sp³-hybridized carbons (Fsp3) is 0.625. The monoisotopic (exact) mass is 281 g/mol. The average Bonchev–Trinajstić information content (AvgIpc) is 2.63. The van der Waals surface area contributed by atoms with Gasteiger partial charge in [-0.25, -0.2) is 0 Å². The molecule has 2 rings (SSSR count). The Morgan fingerprint density at radius 1 is 1.37 bits per heavy atom. The van der Waals surface area contributed by atoms with E-state index in [2.05, 4.69) is 17.9 Å². The number of aliphatic hydroxyl groups is 1. The zero-order chi connectivity index (χ0) is 13.8. The maximum absolute atomic E-state index is 9.62. The van der Waals surface area contributed by atoms with Gasteiger partial charge in [-0.1, -0.05) is 37.4 Å². The highest BCUT2D eigenvalue weighted by atomic mass is 35.5. The predicted octanol–water partition coefficient (Wildman–Crippen LogP) is 4.55. The predicted molar refractivity (Wildman–Crippen MR) is 82.0 cm³/mol. The summed E-state index contributed by atoms with van der Waals surface area (Å²) in [6.45, 7) is 5.11. The van der Waals surface area contributed by atoms with Crippen molar-refractivity contribution in [2.24, 2.45) is 0 Å². The number of halogens is 1. The second-order valence-corrected chi connectivity index (χ2v) is 5.90. The Hall–Kier alpha value is -0.730. The third-order valence-electron chi connectivity index (χ3n) is 4.11.